The van der Waals surface area contributed by atoms with Crippen LogP contribution in [0, 0.1) is 0 Å². The van der Waals surface area contributed by atoms with E-state index in [4.69, 9.17) is 11.6 Å². The Balaban J connectivity index is 3.34. The molecule has 0 nitrogen and oxygen atoms in total. The highest BCUT2D eigenvalue weighted by atomic mass is 35.5. The highest BCUT2D eigenvalue weighted by Crippen LogP contribution is 2.32. The van der Waals surface area contributed by atoms with Gasteiger partial charge in [-0.3, -0.25) is 0 Å². The van der Waals surface area contributed by atoms with Gasteiger partial charge in [0.15, 0.2) is 0 Å². The van der Waals surface area contributed by atoms with Gasteiger partial charge >= 0.3 is 0 Å². The molecule has 1 rings (SSSR count). The summed E-state index contributed by atoms with van der Waals surface area (Å²) in [5.74, 6) is 0.594. The fourth-order valence-electron chi connectivity index (χ4n) is 1.86. The topological polar surface area (TPSA) is 0 Å². The zero-order valence-electron chi connectivity index (χ0n) is 11.3. The lowest BCUT2D eigenvalue weighted by Crippen LogP contribution is -2.18. The van der Waals surface area contributed by atoms with Crippen molar-refractivity contribution in [1.29, 1.82) is 0 Å². The number of hydrogen-bond donors (Lipinski definition) is 0. The summed E-state index contributed by atoms with van der Waals surface area (Å²) in [6.45, 7) is 13.5. The van der Waals surface area contributed by atoms with Gasteiger partial charge in [0, 0.05) is 5.88 Å². The second-order valence-electron chi connectivity index (χ2n) is 6.51. The summed E-state index contributed by atoms with van der Waals surface area (Å²) in [7, 11) is 0. The molecule has 1 aromatic carbocycles. The molecule has 0 aliphatic heterocycles. The Kier molecular flexibility index (Phi) is 3.74. The minimum Gasteiger partial charge on any atom is -0.122 e. The first-order valence-electron chi connectivity index (χ1n) is 5.86. The zero-order valence-corrected chi connectivity index (χ0v) is 12.1. The third kappa shape index (κ3) is 3.01. The van der Waals surface area contributed by atoms with Crippen molar-refractivity contribution < 1.29 is 0 Å². The number of alkyl halides is 1. The fourth-order valence-corrected chi connectivity index (χ4v) is 2.09. The van der Waals surface area contributed by atoms with Crippen LogP contribution >= 0.6 is 11.6 Å². The molecule has 90 valence electrons. The summed E-state index contributed by atoms with van der Waals surface area (Å²) < 4.78 is 0. The lowest BCUT2D eigenvalue weighted by Gasteiger charge is -2.27. The van der Waals surface area contributed by atoms with Gasteiger partial charge in [0.05, 0.1) is 0 Å². The Bertz CT molecular complexity index is 364. The highest BCUT2D eigenvalue weighted by Gasteiger charge is 2.21. The standard InChI is InChI=1S/C15H23Cl/c1-14(2,3)12-8-7-11(10-16)13(9-12)15(4,5)6/h7-9H,10H2,1-6H3. The molecule has 0 spiro atoms. The molecular formula is C15H23Cl. The smallest absolute Gasteiger partial charge is 0.0477 e. The fraction of sp³-hybridized carbons (Fsp3) is 0.600. The van der Waals surface area contributed by atoms with Crippen molar-refractivity contribution in [2.75, 3.05) is 0 Å². The average molecular weight is 239 g/mol. The number of rotatable bonds is 1. The van der Waals surface area contributed by atoms with Crippen molar-refractivity contribution in [2.45, 2.75) is 58.3 Å². The number of hydrogen-bond acceptors (Lipinski definition) is 0. The third-order valence-corrected chi connectivity index (χ3v) is 3.22. The maximum atomic E-state index is 6.00. The first-order chi connectivity index (χ1) is 7.16. The van der Waals surface area contributed by atoms with Gasteiger partial charge in [-0.1, -0.05) is 59.7 Å². The van der Waals surface area contributed by atoms with Crippen molar-refractivity contribution >= 4 is 11.6 Å². The zero-order chi connectivity index (χ0) is 12.6. The van der Waals surface area contributed by atoms with E-state index >= 15 is 0 Å². The molecule has 0 aliphatic rings. The number of halogens is 1. The summed E-state index contributed by atoms with van der Waals surface area (Å²) in [4.78, 5) is 0. The molecule has 0 radical (unpaired) electrons. The molecule has 0 heterocycles. The molecule has 0 aliphatic carbocycles. The third-order valence-electron chi connectivity index (χ3n) is 2.93. The Morgan fingerprint density at radius 1 is 0.938 bits per heavy atom. The van der Waals surface area contributed by atoms with Crippen LogP contribution in [0.5, 0.6) is 0 Å². The predicted molar refractivity (Wildman–Crippen MR) is 73.4 cm³/mol. The molecule has 0 aromatic heterocycles. The summed E-state index contributed by atoms with van der Waals surface area (Å²) in [5, 5.41) is 0. The van der Waals surface area contributed by atoms with E-state index in [1.165, 1.54) is 16.7 Å². The van der Waals surface area contributed by atoms with Crippen molar-refractivity contribution in [3.05, 3.63) is 34.9 Å². The maximum Gasteiger partial charge on any atom is 0.0477 e. The van der Waals surface area contributed by atoms with E-state index in [1.54, 1.807) is 0 Å². The van der Waals surface area contributed by atoms with Crippen LogP contribution in [-0.4, -0.2) is 0 Å². The van der Waals surface area contributed by atoms with Crippen molar-refractivity contribution in [3.63, 3.8) is 0 Å². The molecule has 16 heavy (non-hydrogen) atoms. The van der Waals surface area contributed by atoms with Crippen LogP contribution in [0.3, 0.4) is 0 Å². The van der Waals surface area contributed by atoms with Gasteiger partial charge in [-0.2, -0.15) is 0 Å². The molecule has 0 N–H and O–H groups in total. The van der Waals surface area contributed by atoms with Gasteiger partial charge in [0.1, 0.15) is 0 Å². The second-order valence-corrected chi connectivity index (χ2v) is 6.77. The molecule has 1 aromatic rings. The Labute approximate surface area is 105 Å². The first-order valence-corrected chi connectivity index (χ1v) is 6.39. The summed E-state index contributed by atoms with van der Waals surface area (Å²) in [5.41, 5.74) is 4.36. The summed E-state index contributed by atoms with van der Waals surface area (Å²) >= 11 is 6.00. The van der Waals surface area contributed by atoms with Crippen LogP contribution in [0.2, 0.25) is 0 Å². The summed E-state index contributed by atoms with van der Waals surface area (Å²) in [6, 6.07) is 6.69. The minimum atomic E-state index is 0.158. The molecule has 0 bridgehead atoms. The van der Waals surface area contributed by atoms with E-state index in [9.17, 15) is 0 Å². The lowest BCUT2D eigenvalue weighted by atomic mass is 9.79. The van der Waals surface area contributed by atoms with Crippen LogP contribution in [0.25, 0.3) is 0 Å². The van der Waals surface area contributed by atoms with Gasteiger partial charge in [0.25, 0.3) is 0 Å². The Hall–Kier alpha value is -0.490. The predicted octanol–water partition coefficient (Wildman–Crippen LogP) is 5.02. The van der Waals surface area contributed by atoms with Crippen LogP contribution in [0.4, 0.5) is 0 Å². The largest absolute Gasteiger partial charge is 0.122 e. The van der Waals surface area contributed by atoms with Crippen LogP contribution < -0.4 is 0 Å². The molecule has 0 saturated carbocycles. The quantitative estimate of drug-likeness (QED) is 0.603. The minimum absolute atomic E-state index is 0.158. The first kappa shape index (κ1) is 13.6. The molecular weight excluding hydrogens is 216 g/mol. The van der Waals surface area contributed by atoms with Gasteiger partial charge in [-0.05, 0) is 27.5 Å². The molecule has 0 atom stereocenters. The monoisotopic (exact) mass is 238 g/mol. The molecule has 0 saturated heterocycles. The van der Waals surface area contributed by atoms with Crippen LogP contribution in [0.15, 0.2) is 18.2 Å². The molecule has 0 amide bonds. The van der Waals surface area contributed by atoms with E-state index < -0.39 is 0 Å². The lowest BCUT2D eigenvalue weighted by molar-refractivity contribution is 0.565. The van der Waals surface area contributed by atoms with E-state index in [0.717, 1.165) is 0 Å². The summed E-state index contributed by atoms with van der Waals surface area (Å²) in [6.07, 6.45) is 0. The second kappa shape index (κ2) is 4.41. The maximum absolute atomic E-state index is 6.00. The Morgan fingerprint density at radius 2 is 1.50 bits per heavy atom. The van der Waals surface area contributed by atoms with E-state index in [0.29, 0.717) is 5.88 Å². The Morgan fingerprint density at radius 3 is 1.88 bits per heavy atom. The molecule has 0 unspecified atom stereocenters. The van der Waals surface area contributed by atoms with E-state index in [2.05, 4.69) is 59.7 Å². The van der Waals surface area contributed by atoms with Crippen LogP contribution in [-0.2, 0) is 16.7 Å². The van der Waals surface area contributed by atoms with Crippen LogP contribution in [0.1, 0.15) is 58.2 Å². The van der Waals surface area contributed by atoms with Gasteiger partial charge in [-0.15, -0.1) is 11.6 Å². The van der Waals surface area contributed by atoms with Crippen molar-refractivity contribution in [1.82, 2.24) is 0 Å². The van der Waals surface area contributed by atoms with E-state index in [-0.39, 0.29) is 10.8 Å². The average Bonchev–Trinajstić information content (AvgIpc) is 2.14. The van der Waals surface area contributed by atoms with Gasteiger partial charge in [-0.25, -0.2) is 0 Å². The normalized spacial score (nSPS) is 12.9. The van der Waals surface area contributed by atoms with Crippen molar-refractivity contribution in [2.24, 2.45) is 0 Å². The molecule has 0 fully saturated rings. The number of benzene rings is 1. The highest BCUT2D eigenvalue weighted by molar-refractivity contribution is 6.17. The SMILES string of the molecule is CC(C)(C)c1ccc(CCl)c(C(C)(C)C)c1. The molecule has 1 heteroatoms. The van der Waals surface area contributed by atoms with Gasteiger partial charge < -0.3 is 0 Å². The van der Waals surface area contributed by atoms with Gasteiger partial charge in [0.2, 0.25) is 0 Å². The van der Waals surface area contributed by atoms with Crippen molar-refractivity contribution in [3.8, 4) is 0 Å². The van der Waals surface area contributed by atoms with E-state index in [1.807, 2.05) is 0 Å².